The Bertz CT molecular complexity index is 1390. The van der Waals surface area contributed by atoms with Gasteiger partial charge in [-0.25, -0.2) is 0 Å². The Kier molecular flexibility index (Phi) is 6.82. The van der Waals surface area contributed by atoms with Gasteiger partial charge in [0.15, 0.2) is 5.76 Å². The van der Waals surface area contributed by atoms with Crippen molar-refractivity contribution in [3.05, 3.63) is 104 Å². The first kappa shape index (κ1) is 25.2. The van der Waals surface area contributed by atoms with Crippen molar-refractivity contribution in [2.75, 3.05) is 0 Å². The second-order valence-electron chi connectivity index (χ2n) is 9.83. The number of halogens is 3. The molecule has 0 bridgehead atoms. The molecule has 1 unspecified atom stereocenters. The monoisotopic (exact) mass is 541 g/mol. The number of ether oxygens (including phenoxy) is 1. The van der Waals surface area contributed by atoms with Crippen LogP contribution >= 0.6 is 34.8 Å². The highest BCUT2D eigenvalue weighted by Gasteiger charge is 2.40. The number of aliphatic hydroxyl groups is 1. The molecule has 4 aromatic rings. The molecule has 1 aliphatic rings. The van der Waals surface area contributed by atoms with Crippen molar-refractivity contribution in [3.8, 4) is 17.0 Å². The molecule has 0 spiro atoms. The molecule has 0 radical (unpaired) electrons. The molecule has 186 valence electrons. The lowest BCUT2D eigenvalue weighted by Crippen LogP contribution is -2.17. The standard InChI is InChI=1S/C29H26Cl3NO3/c1-16-7-9-17(10-8-16)20-14-21(20)19-12-11-18(13-25(19)32)35-15-22-27(33-36-28(22)29(2,3)34)26-23(30)5-4-6-24(26)31/h4-13,20-21,34H,14-15H2,1-3H3/t20-,21?/m0/s1. The normalized spacial score (nSPS) is 17.3. The van der Waals surface area contributed by atoms with Gasteiger partial charge in [-0.3, -0.25) is 0 Å². The van der Waals surface area contributed by atoms with Crippen LogP contribution in [0.4, 0.5) is 0 Å². The highest BCUT2D eigenvalue weighted by molar-refractivity contribution is 6.39. The summed E-state index contributed by atoms with van der Waals surface area (Å²) in [6.07, 6.45) is 1.08. The summed E-state index contributed by atoms with van der Waals surface area (Å²) >= 11 is 19.5. The number of hydrogen-bond acceptors (Lipinski definition) is 4. The van der Waals surface area contributed by atoms with Crippen molar-refractivity contribution in [3.63, 3.8) is 0 Å². The Balaban J connectivity index is 1.38. The lowest BCUT2D eigenvalue weighted by molar-refractivity contribution is 0.0452. The fourth-order valence-electron chi connectivity index (χ4n) is 4.62. The zero-order valence-corrected chi connectivity index (χ0v) is 22.5. The summed E-state index contributed by atoms with van der Waals surface area (Å²) in [6, 6.07) is 19.7. The summed E-state index contributed by atoms with van der Waals surface area (Å²) in [5.74, 6) is 1.79. The lowest BCUT2D eigenvalue weighted by Gasteiger charge is -2.16. The second-order valence-corrected chi connectivity index (χ2v) is 11.0. The van der Waals surface area contributed by atoms with E-state index in [1.54, 1.807) is 32.0 Å². The van der Waals surface area contributed by atoms with Crippen molar-refractivity contribution in [1.82, 2.24) is 5.16 Å². The molecule has 0 saturated heterocycles. The van der Waals surface area contributed by atoms with Crippen LogP contribution in [0.1, 0.15) is 60.1 Å². The fraction of sp³-hybridized carbons (Fsp3) is 0.276. The number of benzene rings is 3. The van der Waals surface area contributed by atoms with Gasteiger partial charge in [0, 0.05) is 10.6 Å². The molecule has 1 fully saturated rings. The van der Waals surface area contributed by atoms with Gasteiger partial charge in [0.05, 0.1) is 15.6 Å². The van der Waals surface area contributed by atoms with E-state index in [0.29, 0.717) is 49.5 Å². The van der Waals surface area contributed by atoms with Crippen LogP contribution in [0.3, 0.4) is 0 Å². The van der Waals surface area contributed by atoms with E-state index in [1.165, 1.54) is 11.1 Å². The molecular weight excluding hydrogens is 517 g/mol. The Morgan fingerprint density at radius 3 is 2.31 bits per heavy atom. The predicted octanol–water partition coefficient (Wildman–Crippen LogP) is 8.69. The molecule has 1 aromatic heterocycles. The molecule has 3 aromatic carbocycles. The smallest absolute Gasteiger partial charge is 0.174 e. The zero-order chi connectivity index (χ0) is 25.6. The summed E-state index contributed by atoms with van der Waals surface area (Å²) in [7, 11) is 0. The van der Waals surface area contributed by atoms with Gasteiger partial charge in [-0.2, -0.15) is 0 Å². The molecule has 1 aliphatic carbocycles. The van der Waals surface area contributed by atoms with Crippen LogP contribution in [-0.2, 0) is 12.2 Å². The highest BCUT2D eigenvalue weighted by atomic mass is 35.5. The average Bonchev–Trinajstić information content (AvgIpc) is 3.48. The molecule has 2 atom stereocenters. The van der Waals surface area contributed by atoms with Gasteiger partial charge < -0.3 is 14.4 Å². The van der Waals surface area contributed by atoms with Crippen LogP contribution < -0.4 is 4.74 Å². The van der Waals surface area contributed by atoms with Crippen molar-refractivity contribution in [1.29, 1.82) is 0 Å². The molecule has 5 rings (SSSR count). The molecule has 0 aliphatic heterocycles. The highest BCUT2D eigenvalue weighted by Crippen LogP contribution is 2.56. The summed E-state index contributed by atoms with van der Waals surface area (Å²) in [5.41, 5.74) is 3.98. The minimum atomic E-state index is -1.28. The van der Waals surface area contributed by atoms with Crippen LogP contribution in [-0.4, -0.2) is 10.3 Å². The maximum Gasteiger partial charge on any atom is 0.174 e. The molecule has 1 N–H and O–H groups in total. The fourth-order valence-corrected chi connectivity index (χ4v) is 5.51. The largest absolute Gasteiger partial charge is 0.489 e. The summed E-state index contributed by atoms with van der Waals surface area (Å²) < 4.78 is 11.6. The second kappa shape index (κ2) is 9.75. The van der Waals surface area contributed by atoms with Crippen molar-refractivity contribution >= 4 is 34.8 Å². The number of aryl methyl sites for hydroxylation is 1. The van der Waals surface area contributed by atoms with E-state index in [-0.39, 0.29) is 12.4 Å². The van der Waals surface area contributed by atoms with Crippen LogP contribution in [0.5, 0.6) is 5.75 Å². The molecule has 0 amide bonds. The van der Waals surface area contributed by atoms with E-state index in [2.05, 4.69) is 36.3 Å². The van der Waals surface area contributed by atoms with E-state index in [1.807, 2.05) is 18.2 Å². The minimum absolute atomic E-state index is 0.0881. The maximum atomic E-state index is 10.7. The first-order valence-electron chi connectivity index (χ1n) is 11.8. The van der Waals surface area contributed by atoms with E-state index in [0.717, 1.165) is 12.0 Å². The zero-order valence-electron chi connectivity index (χ0n) is 20.2. The minimum Gasteiger partial charge on any atom is -0.489 e. The van der Waals surface area contributed by atoms with Crippen LogP contribution in [0.15, 0.2) is 65.2 Å². The van der Waals surface area contributed by atoms with E-state index >= 15 is 0 Å². The summed E-state index contributed by atoms with van der Waals surface area (Å²) in [4.78, 5) is 0. The Hall–Kier alpha value is -2.50. The van der Waals surface area contributed by atoms with Crippen molar-refractivity contribution < 1.29 is 14.4 Å². The number of hydrogen-bond donors (Lipinski definition) is 1. The molecule has 1 saturated carbocycles. The van der Waals surface area contributed by atoms with Gasteiger partial charge in [0.1, 0.15) is 23.7 Å². The Morgan fingerprint density at radius 1 is 0.972 bits per heavy atom. The third-order valence-electron chi connectivity index (χ3n) is 6.59. The third kappa shape index (κ3) is 5.01. The average molecular weight is 543 g/mol. The van der Waals surface area contributed by atoms with Crippen molar-refractivity contribution in [2.45, 2.75) is 51.2 Å². The Morgan fingerprint density at radius 2 is 1.67 bits per heavy atom. The lowest BCUT2D eigenvalue weighted by atomic mass is 9.98. The summed E-state index contributed by atoms with van der Waals surface area (Å²) in [6.45, 7) is 5.44. The predicted molar refractivity (Wildman–Crippen MR) is 144 cm³/mol. The SMILES string of the molecule is Cc1ccc([C@@H]2CC2c2ccc(OCc3c(-c4c(Cl)cccc4Cl)noc3C(C)(C)O)cc2Cl)cc1. The van der Waals surface area contributed by atoms with Crippen molar-refractivity contribution in [2.24, 2.45) is 0 Å². The Labute approximate surface area is 225 Å². The van der Waals surface area contributed by atoms with Gasteiger partial charge in [-0.15, -0.1) is 0 Å². The maximum absolute atomic E-state index is 10.7. The van der Waals surface area contributed by atoms with Crippen LogP contribution in [0.2, 0.25) is 15.1 Å². The topological polar surface area (TPSA) is 55.5 Å². The number of aromatic nitrogens is 1. The molecule has 36 heavy (non-hydrogen) atoms. The number of rotatable bonds is 7. The van der Waals surface area contributed by atoms with Gasteiger partial charge in [0.2, 0.25) is 0 Å². The molecule has 7 heteroatoms. The van der Waals surface area contributed by atoms with E-state index < -0.39 is 5.60 Å². The van der Waals surface area contributed by atoms with Crippen LogP contribution in [0.25, 0.3) is 11.3 Å². The first-order chi connectivity index (χ1) is 17.1. The molecule has 1 heterocycles. The van der Waals surface area contributed by atoms with Gasteiger partial charge in [-0.1, -0.05) is 81.9 Å². The van der Waals surface area contributed by atoms with E-state index in [4.69, 9.17) is 44.1 Å². The molecular formula is C29H26Cl3NO3. The van der Waals surface area contributed by atoms with Crippen LogP contribution in [0, 0.1) is 6.92 Å². The number of nitrogens with zero attached hydrogens (tertiary/aromatic N) is 1. The van der Waals surface area contributed by atoms with Gasteiger partial charge in [0.25, 0.3) is 0 Å². The third-order valence-corrected chi connectivity index (χ3v) is 7.55. The quantitative estimate of drug-likeness (QED) is 0.254. The first-order valence-corrected chi connectivity index (χ1v) is 12.9. The van der Waals surface area contributed by atoms with E-state index in [9.17, 15) is 5.11 Å². The van der Waals surface area contributed by atoms with Gasteiger partial charge >= 0.3 is 0 Å². The van der Waals surface area contributed by atoms with Gasteiger partial charge in [-0.05, 0) is 74.4 Å². The summed E-state index contributed by atoms with van der Waals surface area (Å²) in [5, 5.41) is 16.4. The molecule has 4 nitrogen and oxygen atoms in total.